The highest BCUT2D eigenvalue weighted by atomic mass is 32.2. The summed E-state index contributed by atoms with van der Waals surface area (Å²) in [6, 6.07) is 18.7. The van der Waals surface area contributed by atoms with Gasteiger partial charge in [-0.15, -0.1) is 11.8 Å². The zero-order valence-electron chi connectivity index (χ0n) is 14.0. The van der Waals surface area contributed by atoms with E-state index in [9.17, 15) is 4.79 Å². The van der Waals surface area contributed by atoms with Crippen LogP contribution in [0.1, 0.15) is 13.8 Å². The van der Waals surface area contributed by atoms with E-state index in [0.29, 0.717) is 6.54 Å². The Morgan fingerprint density at radius 1 is 1.08 bits per heavy atom. The molecule has 1 amide bonds. The summed E-state index contributed by atoms with van der Waals surface area (Å²) >= 11 is 1.79. The first-order valence-corrected chi connectivity index (χ1v) is 9.22. The van der Waals surface area contributed by atoms with E-state index in [1.54, 1.807) is 11.8 Å². The number of benzene rings is 2. The van der Waals surface area contributed by atoms with Gasteiger partial charge in [-0.1, -0.05) is 62.4 Å². The van der Waals surface area contributed by atoms with Gasteiger partial charge in [0.25, 0.3) is 0 Å². The molecule has 0 aliphatic carbocycles. The third kappa shape index (κ3) is 3.65. The van der Waals surface area contributed by atoms with Gasteiger partial charge >= 0.3 is 0 Å². The van der Waals surface area contributed by atoms with Gasteiger partial charge in [0.15, 0.2) is 0 Å². The van der Waals surface area contributed by atoms with Crippen LogP contribution >= 0.6 is 11.8 Å². The molecule has 4 heteroatoms. The molecule has 0 fully saturated rings. The normalized spacial score (nSPS) is 11.1. The SMILES string of the molecule is CC(C)C(=O)NCCSc1c(-c2ccccc2)[nH]c2ccccc12. The van der Waals surface area contributed by atoms with Crippen molar-refractivity contribution in [2.45, 2.75) is 18.7 Å². The number of fused-ring (bicyclic) bond motifs is 1. The molecule has 0 radical (unpaired) electrons. The van der Waals surface area contributed by atoms with E-state index in [4.69, 9.17) is 0 Å². The van der Waals surface area contributed by atoms with Gasteiger partial charge in [-0.2, -0.15) is 0 Å². The molecule has 0 aliphatic heterocycles. The number of thioether (sulfide) groups is 1. The van der Waals surface area contributed by atoms with Crippen molar-refractivity contribution in [2.24, 2.45) is 5.92 Å². The van der Waals surface area contributed by atoms with Crippen LogP contribution in [0, 0.1) is 5.92 Å². The number of carbonyl (C=O) groups is 1. The average molecular weight is 338 g/mol. The number of aromatic amines is 1. The van der Waals surface area contributed by atoms with Crippen LogP contribution in [-0.2, 0) is 4.79 Å². The van der Waals surface area contributed by atoms with E-state index in [1.807, 2.05) is 26.0 Å². The summed E-state index contributed by atoms with van der Waals surface area (Å²) in [6.07, 6.45) is 0. The Morgan fingerprint density at radius 3 is 2.54 bits per heavy atom. The van der Waals surface area contributed by atoms with Crippen molar-refractivity contribution in [1.82, 2.24) is 10.3 Å². The third-order valence-electron chi connectivity index (χ3n) is 3.89. The second kappa shape index (κ2) is 7.58. The number of aromatic nitrogens is 1. The zero-order chi connectivity index (χ0) is 16.9. The Balaban J connectivity index is 1.82. The quantitative estimate of drug-likeness (QED) is 0.505. The Morgan fingerprint density at radius 2 is 1.79 bits per heavy atom. The van der Waals surface area contributed by atoms with E-state index in [0.717, 1.165) is 17.0 Å². The Hall–Kier alpha value is -2.20. The maximum Gasteiger partial charge on any atom is 0.222 e. The molecule has 2 N–H and O–H groups in total. The van der Waals surface area contributed by atoms with Gasteiger partial charge in [0, 0.05) is 34.0 Å². The van der Waals surface area contributed by atoms with Crippen LogP contribution in [0.5, 0.6) is 0 Å². The molecule has 3 rings (SSSR count). The van der Waals surface area contributed by atoms with Gasteiger partial charge in [-0.3, -0.25) is 4.79 Å². The molecule has 3 aromatic rings. The second-order valence-corrected chi connectivity index (χ2v) is 7.14. The lowest BCUT2D eigenvalue weighted by Crippen LogP contribution is -2.29. The van der Waals surface area contributed by atoms with Crippen LogP contribution in [0.15, 0.2) is 59.5 Å². The summed E-state index contributed by atoms with van der Waals surface area (Å²) in [6.45, 7) is 4.50. The van der Waals surface area contributed by atoms with E-state index in [-0.39, 0.29) is 11.8 Å². The molecule has 3 nitrogen and oxygen atoms in total. The molecule has 0 saturated carbocycles. The lowest BCUT2D eigenvalue weighted by atomic mass is 10.1. The Bertz CT molecular complexity index is 824. The minimum absolute atomic E-state index is 0.0305. The van der Waals surface area contributed by atoms with Crippen molar-refractivity contribution in [3.63, 3.8) is 0 Å². The molecule has 2 aromatic carbocycles. The van der Waals surface area contributed by atoms with Crippen LogP contribution in [0.25, 0.3) is 22.2 Å². The van der Waals surface area contributed by atoms with Crippen molar-refractivity contribution in [1.29, 1.82) is 0 Å². The molecule has 0 atom stereocenters. The molecule has 1 aromatic heterocycles. The summed E-state index contributed by atoms with van der Waals surface area (Å²) in [5.74, 6) is 0.987. The fraction of sp³-hybridized carbons (Fsp3) is 0.250. The number of nitrogens with one attached hydrogen (secondary N) is 2. The molecule has 0 spiro atoms. The fourth-order valence-corrected chi connectivity index (χ4v) is 3.66. The second-order valence-electron chi connectivity index (χ2n) is 6.03. The molecule has 0 aliphatic rings. The van der Waals surface area contributed by atoms with E-state index < -0.39 is 0 Å². The monoisotopic (exact) mass is 338 g/mol. The van der Waals surface area contributed by atoms with Crippen LogP contribution in [0.2, 0.25) is 0 Å². The number of para-hydroxylation sites is 1. The highest BCUT2D eigenvalue weighted by Gasteiger charge is 2.13. The number of carbonyl (C=O) groups excluding carboxylic acids is 1. The van der Waals surface area contributed by atoms with Crippen LogP contribution in [0.4, 0.5) is 0 Å². The van der Waals surface area contributed by atoms with E-state index >= 15 is 0 Å². The van der Waals surface area contributed by atoms with Gasteiger partial charge in [0.05, 0.1) is 5.69 Å². The number of H-pyrrole nitrogens is 1. The zero-order valence-corrected chi connectivity index (χ0v) is 14.8. The van der Waals surface area contributed by atoms with E-state index in [2.05, 4.69) is 52.8 Å². The first-order valence-electron chi connectivity index (χ1n) is 8.23. The standard InChI is InChI=1S/C20H22N2OS/c1-14(2)20(23)21-12-13-24-19-16-10-6-7-11-17(16)22-18(19)15-8-4-3-5-9-15/h3-11,14,22H,12-13H2,1-2H3,(H,21,23). The van der Waals surface area contributed by atoms with Crippen LogP contribution < -0.4 is 5.32 Å². The largest absolute Gasteiger partial charge is 0.355 e. The number of amides is 1. The van der Waals surface area contributed by atoms with Crippen LogP contribution in [0.3, 0.4) is 0 Å². The minimum Gasteiger partial charge on any atom is -0.355 e. The summed E-state index contributed by atoms with van der Waals surface area (Å²) in [5.41, 5.74) is 3.48. The van der Waals surface area contributed by atoms with Gasteiger partial charge < -0.3 is 10.3 Å². The lowest BCUT2D eigenvalue weighted by molar-refractivity contribution is -0.123. The van der Waals surface area contributed by atoms with Crippen molar-refractivity contribution < 1.29 is 4.79 Å². The number of rotatable bonds is 6. The highest BCUT2D eigenvalue weighted by molar-refractivity contribution is 7.99. The first-order chi connectivity index (χ1) is 11.7. The molecule has 124 valence electrons. The lowest BCUT2D eigenvalue weighted by Gasteiger charge is -2.08. The fourth-order valence-electron chi connectivity index (χ4n) is 2.61. The number of hydrogen-bond acceptors (Lipinski definition) is 2. The van der Waals surface area contributed by atoms with Crippen molar-refractivity contribution >= 4 is 28.6 Å². The van der Waals surface area contributed by atoms with Gasteiger partial charge in [0.2, 0.25) is 5.91 Å². The van der Waals surface area contributed by atoms with E-state index in [1.165, 1.54) is 15.8 Å². The van der Waals surface area contributed by atoms with Gasteiger partial charge in [-0.05, 0) is 11.6 Å². The Kier molecular flexibility index (Phi) is 5.26. The van der Waals surface area contributed by atoms with Crippen LogP contribution in [-0.4, -0.2) is 23.2 Å². The molecular weight excluding hydrogens is 316 g/mol. The molecule has 1 heterocycles. The van der Waals surface area contributed by atoms with Crippen molar-refractivity contribution in [3.8, 4) is 11.3 Å². The summed E-state index contributed by atoms with van der Waals surface area (Å²) < 4.78 is 0. The molecule has 0 unspecified atom stereocenters. The predicted octanol–water partition coefficient (Wildman–Crippen LogP) is 4.70. The smallest absolute Gasteiger partial charge is 0.222 e. The first kappa shape index (κ1) is 16.7. The maximum absolute atomic E-state index is 11.7. The van der Waals surface area contributed by atoms with Crippen molar-refractivity contribution in [2.75, 3.05) is 12.3 Å². The van der Waals surface area contributed by atoms with Crippen molar-refractivity contribution in [3.05, 3.63) is 54.6 Å². The summed E-state index contributed by atoms with van der Waals surface area (Å²) in [5, 5.41) is 4.21. The minimum atomic E-state index is 0.0305. The molecule has 0 bridgehead atoms. The molecular formula is C20H22N2OS. The molecule has 24 heavy (non-hydrogen) atoms. The number of hydrogen-bond donors (Lipinski definition) is 2. The van der Waals surface area contributed by atoms with Gasteiger partial charge in [-0.25, -0.2) is 0 Å². The predicted molar refractivity (Wildman–Crippen MR) is 102 cm³/mol. The summed E-state index contributed by atoms with van der Waals surface area (Å²) in [4.78, 5) is 16.5. The summed E-state index contributed by atoms with van der Waals surface area (Å²) in [7, 11) is 0. The van der Waals surface area contributed by atoms with Gasteiger partial charge in [0.1, 0.15) is 0 Å². The highest BCUT2D eigenvalue weighted by Crippen LogP contribution is 2.37. The molecule has 0 saturated heterocycles. The topological polar surface area (TPSA) is 44.9 Å². The maximum atomic E-state index is 11.7. The Labute approximate surface area is 146 Å². The third-order valence-corrected chi connectivity index (χ3v) is 5.01. The average Bonchev–Trinajstić information content (AvgIpc) is 2.98.